The van der Waals surface area contributed by atoms with Crippen molar-refractivity contribution in [1.29, 1.82) is 0 Å². The molecule has 8 heteroatoms. The maximum absolute atomic E-state index is 12.9. The second kappa shape index (κ2) is 5.38. The van der Waals surface area contributed by atoms with Crippen molar-refractivity contribution in [2.24, 2.45) is 0 Å². The fourth-order valence-electron chi connectivity index (χ4n) is 1.48. The summed E-state index contributed by atoms with van der Waals surface area (Å²) in [5.41, 5.74) is -1.09. The molecule has 3 nitrogen and oxygen atoms in total. The summed E-state index contributed by atoms with van der Waals surface area (Å²) in [6, 6.07) is 2.82. The minimum atomic E-state index is -4.60. The predicted molar refractivity (Wildman–Crippen MR) is 71.8 cm³/mol. The van der Waals surface area contributed by atoms with Crippen LogP contribution in [-0.4, -0.2) is 16.0 Å². The summed E-state index contributed by atoms with van der Waals surface area (Å²) in [7, 11) is 0. The Balaban J connectivity index is 2.46. The first kappa shape index (κ1) is 14.1. The van der Waals surface area contributed by atoms with Crippen molar-refractivity contribution >= 4 is 44.2 Å². The van der Waals surface area contributed by atoms with E-state index in [9.17, 15) is 18.0 Å². The van der Waals surface area contributed by atoms with E-state index in [1.165, 1.54) is 23.5 Å². The quantitative estimate of drug-likeness (QED) is 0.881. The van der Waals surface area contributed by atoms with Crippen molar-refractivity contribution in [1.82, 2.24) is 4.98 Å². The van der Waals surface area contributed by atoms with Crippen LogP contribution in [-0.2, 0) is 6.18 Å². The molecular formula is C11H9F3N2OS2. The van der Waals surface area contributed by atoms with Crippen LogP contribution in [0.15, 0.2) is 17.5 Å². The Morgan fingerprint density at radius 3 is 2.89 bits per heavy atom. The van der Waals surface area contributed by atoms with Gasteiger partial charge in [-0.15, -0.1) is 11.3 Å². The number of pyridine rings is 1. The third kappa shape index (κ3) is 3.19. The van der Waals surface area contributed by atoms with Crippen LogP contribution in [0.2, 0.25) is 0 Å². The Morgan fingerprint density at radius 2 is 2.26 bits per heavy atom. The van der Waals surface area contributed by atoms with Crippen LogP contribution in [0.25, 0.3) is 10.2 Å². The van der Waals surface area contributed by atoms with Crippen LogP contribution in [0, 0.1) is 0 Å². The topological polar surface area (TPSA) is 42.0 Å². The highest BCUT2D eigenvalue weighted by Gasteiger charge is 2.36. The van der Waals surface area contributed by atoms with E-state index in [2.05, 4.69) is 10.3 Å². The number of nitrogens with zero attached hydrogens (tertiary/aromatic N) is 1. The van der Waals surface area contributed by atoms with Crippen molar-refractivity contribution in [3.05, 3.63) is 23.2 Å². The van der Waals surface area contributed by atoms with E-state index in [0.717, 1.165) is 11.8 Å². The molecule has 0 saturated carbocycles. The third-order valence-electron chi connectivity index (χ3n) is 2.22. The molecule has 0 aromatic carbocycles. The Bertz CT molecular complexity index is 609. The summed E-state index contributed by atoms with van der Waals surface area (Å²) < 4.78 is 39.3. The summed E-state index contributed by atoms with van der Waals surface area (Å²) in [5, 5.41) is 3.38. The van der Waals surface area contributed by atoms with E-state index in [1.807, 2.05) is 0 Å². The second-order valence-electron chi connectivity index (χ2n) is 3.53. The van der Waals surface area contributed by atoms with Crippen LogP contribution in [0.3, 0.4) is 0 Å². The molecule has 2 aromatic rings. The van der Waals surface area contributed by atoms with Crippen molar-refractivity contribution in [3.8, 4) is 0 Å². The zero-order valence-corrected chi connectivity index (χ0v) is 11.4. The lowest BCUT2D eigenvalue weighted by Crippen LogP contribution is -2.15. The van der Waals surface area contributed by atoms with Gasteiger partial charge in [-0.05, 0) is 23.3 Å². The molecule has 0 atom stereocenters. The van der Waals surface area contributed by atoms with Gasteiger partial charge in [0.25, 0.3) is 5.24 Å². The molecule has 102 valence electrons. The SMILES string of the molecule is CCSC(=O)Nc1cc2sccc2nc1C(F)(F)F. The molecule has 1 amide bonds. The summed E-state index contributed by atoms with van der Waals surface area (Å²) in [4.78, 5) is 15.0. The van der Waals surface area contributed by atoms with E-state index in [0.29, 0.717) is 10.5 Å². The van der Waals surface area contributed by atoms with E-state index in [-0.39, 0.29) is 11.2 Å². The van der Waals surface area contributed by atoms with Crippen LogP contribution >= 0.6 is 23.1 Å². The molecule has 0 saturated heterocycles. The molecule has 0 unspecified atom stereocenters. The summed E-state index contributed by atoms with van der Waals surface area (Å²) in [6.07, 6.45) is -4.60. The van der Waals surface area contributed by atoms with E-state index in [4.69, 9.17) is 0 Å². The lowest BCUT2D eigenvalue weighted by atomic mass is 10.2. The first-order valence-electron chi connectivity index (χ1n) is 5.31. The molecule has 2 rings (SSSR count). The molecule has 0 spiro atoms. The number of halogens is 3. The van der Waals surface area contributed by atoms with Crippen molar-refractivity contribution < 1.29 is 18.0 Å². The van der Waals surface area contributed by atoms with Gasteiger partial charge in [0.1, 0.15) is 0 Å². The summed E-state index contributed by atoms with van der Waals surface area (Å²) >= 11 is 2.18. The molecule has 0 bridgehead atoms. The Kier molecular flexibility index (Phi) is 4.00. The van der Waals surface area contributed by atoms with Gasteiger partial charge in [0.05, 0.1) is 15.9 Å². The maximum atomic E-state index is 12.9. The predicted octanol–water partition coefficient (Wildman–Crippen LogP) is 4.60. The van der Waals surface area contributed by atoms with Crippen molar-refractivity contribution in [2.45, 2.75) is 13.1 Å². The van der Waals surface area contributed by atoms with Gasteiger partial charge in [-0.1, -0.05) is 18.7 Å². The first-order valence-corrected chi connectivity index (χ1v) is 7.17. The number of hydrogen-bond acceptors (Lipinski definition) is 4. The summed E-state index contributed by atoms with van der Waals surface area (Å²) in [5.74, 6) is 0.488. The number of amides is 1. The number of thioether (sulfide) groups is 1. The molecule has 0 aliphatic heterocycles. The number of carbonyl (C=O) groups is 1. The van der Waals surface area contributed by atoms with E-state index < -0.39 is 17.1 Å². The van der Waals surface area contributed by atoms with E-state index in [1.54, 1.807) is 12.3 Å². The number of anilines is 1. The summed E-state index contributed by atoms with van der Waals surface area (Å²) in [6.45, 7) is 1.75. The largest absolute Gasteiger partial charge is 0.435 e. The van der Waals surface area contributed by atoms with Gasteiger partial charge in [0.15, 0.2) is 5.69 Å². The molecule has 2 heterocycles. The van der Waals surface area contributed by atoms with Gasteiger partial charge in [0, 0.05) is 0 Å². The maximum Gasteiger partial charge on any atom is 0.435 e. The fraction of sp³-hybridized carbons (Fsp3) is 0.273. The number of alkyl halides is 3. The molecular weight excluding hydrogens is 297 g/mol. The number of hydrogen-bond donors (Lipinski definition) is 1. The number of nitrogens with one attached hydrogen (secondary N) is 1. The average molecular weight is 306 g/mol. The van der Waals surface area contributed by atoms with Crippen LogP contribution in [0.1, 0.15) is 12.6 Å². The smallest absolute Gasteiger partial charge is 0.315 e. The monoisotopic (exact) mass is 306 g/mol. The molecule has 0 fully saturated rings. The zero-order valence-electron chi connectivity index (χ0n) is 9.75. The molecule has 0 radical (unpaired) electrons. The highest BCUT2D eigenvalue weighted by atomic mass is 32.2. The zero-order chi connectivity index (χ0) is 14.0. The Morgan fingerprint density at radius 1 is 1.53 bits per heavy atom. The molecule has 19 heavy (non-hydrogen) atoms. The molecule has 0 aliphatic carbocycles. The average Bonchev–Trinajstić information content (AvgIpc) is 2.73. The number of aromatic nitrogens is 1. The van der Waals surface area contributed by atoms with Crippen molar-refractivity contribution in [2.75, 3.05) is 11.1 Å². The lowest BCUT2D eigenvalue weighted by Gasteiger charge is -2.12. The molecule has 1 N–H and O–H groups in total. The van der Waals surface area contributed by atoms with E-state index >= 15 is 0 Å². The van der Waals surface area contributed by atoms with Crippen molar-refractivity contribution in [3.63, 3.8) is 0 Å². The number of fused-ring (bicyclic) bond motifs is 1. The highest BCUT2D eigenvalue weighted by Crippen LogP contribution is 2.36. The third-order valence-corrected chi connectivity index (χ3v) is 3.72. The van der Waals surface area contributed by atoms with Gasteiger partial charge in [0.2, 0.25) is 0 Å². The second-order valence-corrected chi connectivity index (χ2v) is 5.72. The standard InChI is InChI=1S/C11H9F3N2OS2/c1-2-18-10(17)16-7-5-8-6(3-4-19-8)15-9(7)11(12,13)14/h3-5H,2H2,1H3,(H,16,17). The van der Waals surface area contributed by atoms with Gasteiger partial charge < -0.3 is 5.32 Å². The Hall–Kier alpha value is -1.28. The highest BCUT2D eigenvalue weighted by molar-refractivity contribution is 8.13. The Labute approximate surface area is 115 Å². The minimum absolute atomic E-state index is 0.276. The van der Waals surface area contributed by atoms with Gasteiger partial charge in [-0.2, -0.15) is 13.2 Å². The van der Waals surface area contributed by atoms with Gasteiger partial charge in [-0.3, -0.25) is 4.79 Å². The number of rotatable bonds is 2. The van der Waals surface area contributed by atoms with Crippen LogP contribution in [0.4, 0.5) is 23.7 Å². The molecule has 0 aliphatic rings. The lowest BCUT2D eigenvalue weighted by molar-refractivity contribution is -0.140. The van der Waals surface area contributed by atoms with Gasteiger partial charge in [-0.25, -0.2) is 4.98 Å². The minimum Gasteiger partial charge on any atom is -0.315 e. The van der Waals surface area contributed by atoms with Crippen LogP contribution < -0.4 is 5.32 Å². The normalized spacial score (nSPS) is 11.8. The number of thiophene rings is 1. The fourth-order valence-corrected chi connectivity index (χ4v) is 2.69. The van der Waals surface area contributed by atoms with Gasteiger partial charge >= 0.3 is 6.18 Å². The van der Waals surface area contributed by atoms with Crippen LogP contribution in [0.5, 0.6) is 0 Å². The number of carbonyl (C=O) groups excluding carboxylic acids is 1. The molecule has 2 aromatic heterocycles. The first-order chi connectivity index (χ1) is 8.91.